The molecule has 39 heavy (non-hydrogen) atoms. The van der Waals surface area contributed by atoms with Gasteiger partial charge in [-0.25, -0.2) is 0 Å². The minimum atomic E-state index is -5.17. The minimum Gasteiger partial charge on any atom is -0.454 e. The summed E-state index contributed by atoms with van der Waals surface area (Å²) in [7, 11) is -0.597. The molecule has 1 fully saturated rings. The molecule has 0 aliphatic carbocycles. The van der Waals surface area contributed by atoms with Gasteiger partial charge in [0.2, 0.25) is 12.7 Å². The largest absolute Gasteiger partial charge is 0.471 e. The number of aromatic nitrogens is 1. The molecule has 1 aromatic carbocycles. The van der Waals surface area contributed by atoms with E-state index >= 15 is 0 Å². The smallest absolute Gasteiger partial charge is 0.454 e. The Bertz CT molecular complexity index is 1130. The van der Waals surface area contributed by atoms with Gasteiger partial charge in [0, 0.05) is 25.5 Å². The first-order valence-electron chi connectivity index (χ1n) is 13.0. The summed E-state index contributed by atoms with van der Waals surface area (Å²) in [5, 5.41) is 12.5. The maximum absolute atomic E-state index is 13.8. The highest BCUT2D eigenvalue weighted by atomic mass is 19.4. The summed E-state index contributed by atoms with van der Waals surface area (Å²) in [4.78, 5) is 32.7. The van der Waals surface area contributed by atoms with E-state index < -0.39 is 31.1 Å². The van der Waals surface area contributed by atoms with Gasteiger partial charge in [0.1, 0.15) is 6.04 Å². The zero-order valence-electron chi connectivity index (χ0n) is 21.7. The van der Waals surface area contributed by atoms with E-state index in [1.165, 1.54) is 18.2 Å². The Morgan fingerprint density at radius 1 is 1.18 bits per heavy atom. The number of benzene rings is 1. The molecule has 0 saturated carbocycles. The lowest BCUT2D eigenvalue weighted by Gasteiger charge is -2.36. The summed E-state index contributed by atoms with van der Waals surface area (Å²) >= 11 is 0. The number of piperidine rings is 1. The quantitative estimate of drug-likeness (QED) is 0.441. The Morgan fingerprint density at radius 2 is 1.87 bits per heavy atom. The molecule has 9 nitrogen and oxygen atoms in total. The standard InChI is InChI=1S/C26H32BF3N4O5/c1-27(37)33-13-7-19(8-14-33)9-15-34(25(36)26(28,29)30)23(20-2-3-21-22(16-20)39-17-38-21)24(35)32-12-6-18-4-10-31-11-5-18/h2-5,10-11,16,19,23,37H,6-9,12-15,17H2,1H3,(H,32,35). The third kappa shape index (κ3) is 7.42. The molecule has 2 N–H and O–H groups in total. The Morgan fingerprint density at radius 3 is 2.54 bits per heavy atom. The van der Waals surface area contributed by atoms with Gasteiger partial charge in [-0.05, 0) is 86.9 Å². The summed E-state index contributed by atoms with van der Waals surface area (Å²) < 4.78 is 52.2. The van der Waals surface area contributed by atoms with Crippen LogP contribution in [0.5, 0.6) is 11.5 Å². The van der Waals surface area contributed by atoms with Crippen LogP contribution in [-0.2, 0) is 16.0 Å². The second-order valence-electron chi connectivity index (χ2n) is 9.81. The highest BCUT2D eigenvalue weighted by Gasteiger charge is 2.47. The van der Waals surface area contributed by atoms with Crippen LogP contribution in [0.15, 0.2) is 42.7 Å². The van der Waals surface area contributed by atoms with Crippen LogP contribution in [0.1, 0.15) is 36.4 Å². The molecule has 0 radical (unpaired) electrons. The van der Waals surface area contributed by atoms with Crippen molar-refractivity contribution in [3.05, 3.63) is 53.9 Å². The van der Waals surface area contributed by atoms with Gasteiger partial charge < -0.3 is 29.5 Å². The Kier molecular flexibility index (Phi) is 9.34. The van der Waals surface area contributed by atoms with Crippen LogP contribution in [0.4, 0.5) is 13.2 Å². The van der Waals surface area contributed by atoms with Crippen molar-refractivity contribution in [2.24, 2.45) is 5.92 Å². The van der Waals surface area contributed by atoms with Crippen LogP contribution < -0.4 is 14.8 Å². The molecule has 2 aromatic rings. The molecule has 1 unspecified atom stereocenters. The fraction of sp³-hybridized carbons (Fsp3) is 0.500. The summed E-state index contributed by atoms with van der Waals surface area (Å²) in [5.74, 6) is -2.03. The number of amides is 2. The number of nitrogens with zero attached hydrogens (tertiary/aromatic N) is 3. The molecule has 210 valence electrons. The molecule has 13 heteroatoms. The van der Waals surface area contributed by atoms with Crippen LogP contribution >= 0.6 is 0 Å². The molecule has 0 bridgehead atoms. The van der Waals surface area contributed by atoms with E-state index in [0.29, 0.717) is 55.2 Å². The fourth-order valence-corrected chi connectivity index (χ4v) is 4.98. The van der Waals surface area contributed by atoms with Crippen molar-refractivity contribution in [2.75, 3.05) is 33.0 Å². The third-order valence-corrected chi connectivity index (χ3v) is 7.19. The molecule has 2 aliphatic rings. The van der Waals surface area contributed by atoms with Crippen LogP contribution in [0, 0.1) is 5.92 Å². The Balaban J connectivity index is 1.56. The van der Waals surface area contributed by atoms with E-state index in [1.54, 1.807) is 31.3 Å². The van der Waals surface area contributed by atoms with E-state index in [9.17, 15) is 27.8 Å². The molecule has 1 atom stereocenters. The van der Waals surface area contributed by atoms with Crippen molar-refractivity contribution in [2.45, 2.75) is 44.7 Å². The Labute approximate surface area is 225 Å². The highest BCUT2D eigenvalue weighted by Crippen LogP contribution is 2.37. The number of rotatable bonds is 10. The molecule has 2 aliphatic heterocycles. The lowest BCUT2D eigenvalue weighted by atomic mass is 9.80. The SMILES string of the molecule is CB(O)N1CCC(CCN(C(=O)C(F)(F)F)C(C(=O)NCCc2ccncc2)c2ccc3c(c2)OCO3)CC1. The lowest BCUT2D eigenvalue weighted by Crippen LogP contribution is -2.50. The summed E-state index contributed by atoms with van der Waals surface area (Å²) in [6.45, 7) is 2.75. The van der Waals surface area contributed by atoms with E-state index in [0.717, 1.165) is 5.56 Å². The number of alkyl halides is 3. The first-order chi connectivity index (χ1) is 18.6. The number of carbonyl (C=O) groups excluding carboxylic acids is 2. The third-order valence-electron chi connectivity index (χ3n) is 7.19. The number of halogens is 3. The Hall–Kier alpha value is -3.32. The van der Waals surface area contributed by atoms with Crippen molar-refractivity contribution >= 4 is 18.9 Å². The zero-order chi connectivity index (χ0) is 28.0. The number of fused-ring (bicyclic) bond motifs is 1. The van der Waals surface area contributed by atoms with E-state index in [2.05, 4.69) is 10.3 Å². The molecule has 2 amide bonds. The van der Waals surface area contributed by atoms with Gasteiger partial charge in [0.05, 0.1) is 0 Å². The maximum atomic E-state index is 13.8. The van der Waals surface area contributed by atoms with E-state index in [4.69, 9.17) is 9.47 Å². The van der Waals surface area contributed by atoms with Crippen molar-refractivity contribution in [1.82, 2.24) is 20.0 Å². The van der Waals surface area contributed by atoms with Crippen LogP contribution in [0.25, 0.3) is 0 Å². The second-order valence-corrected chi connectivity index (χ2v) is 9.81. The average Bonchev–Trinajstić information content (AvgIpc) is 3.39. The zero-order valence-corrected chi connectivity index (χ0v) is 21.7. The van der Waals surface area contributed by atoms with Gasteiger partial charge in [0.25, 0.3) is 0 Å². The predicted molar refractivity (Wildman–Crippen MR) is 137 cm³/mol. The first kappa shape index (κ1) is 28.7. The summed E-state index contributed by atoms with van der Waals surface area (Å²) in [6, 6.07) is 6.50. The molecule has 1 aromatic heterocycles. The van der Waals surface area contributed by atoms with Crippen molar-refractivity contribution in [1.29, 1.82) is 0 Å². The normalized spacial score (nSPS) is 16.5. The summed E-state index contributed by atoms with van der Waals surface area (Å²) in [5.41, 5.74) is 1.10. The number of pyridine rings is 1. The number of hydrogen-bond donors (Lipinski definition) is 2. The van der Waals surface area contributed by atoms with Crippen molar-refractivity contribution in [3.8, 4) is 11.5 Å². The second kappa shape index (κ2) is 12.7. The minimum absolute atomic E-state index is 0.0437. The first-order valence-corrected chi connectivity index (χ1v) is 13.0. The van der Waals surface area contributed by atoms with Gasteiger partial charge in [0.15, 0.2) is 11.5 Å². The molecule has 4 rings (SSSR count). The van der Waals surface area contributed by atoms with Gasteiger partial charge in [-0.15, -0.1) is 0 Å². The van der Waals surface area contributed by atoms with Crippen LogP contribution in [-0.4, -0.2) is 77.7 Å². The van der Waals surface area contributed by atoms with Crippen molar-refractivity contribution < 1.29 is 37.3 Å². The lowest BCUT2D eigenvalue weighted by molar-refractivity contribution is -0.189. The monoisotopic (exact) mass is 548 g/mol. The number of nitrogens with one attached hydrogen (secondary N) is 1. The number of hydrogen-bond acceptors (Lipinski definition) is 7. The van der Waals surface area contributed by atoms with Crippen LogP contribution in [0.3, 0.4) is 0 Å². The van der Waals surface area contributed by atoms with Gasteiger partial charge >= 0.3 is 19.1 Å². The van der Waals surface area contributed by atoms with E-state index in [1.807, 2.05) is 4.81 Å². The molecular formula is C26H32BF3N4O5. The van der Waals surface area contributed by atoms with Gasteiger partial charge in [-0.2, -0.15) is 13.2 Å². The molecule has 3 heterocycles. The average molecular weight is 548 g/mol. The number of carbonyl (C=O) groups is 2. The molecule has 0 spiro atoms. The van der Waals surface area contributed by atoms with Gasteiger partial charge in [-0.1, -0.05) is 6.07 Å². The topological polar surface area (TPSA) is 104 Å². The van der Waals surface area contributed by atoms with Crippen molar-refractivity contribution in [3.63, 3.8) is 0 Å². The summed E-state index contributed by atoms with van der Waals surface area (Å²) in [6.07, 6.45) is 0.140. The maximum Gasteiger partial charge on any atom is 0.471 e. The van der Waals surface area contributed by atoms with Crippen LogP contribution in [0.2, 0.25) is 6.82 Å². The highest BCUT2D eigenvalue weighted by molar-refractivity contribution is 6.45. The molecular weight excluding hydrogens is 516 g/mol. The van der Waals surface area contributed by atoms with E-state index in [-0.39, 0.29) is 31.4 Å². The fourth-order valence-electron chi connectivity index (χ4n) is 4.98. The van der Waals surface area contributed by atoms with Gasteiger partial charge in [-0.3, -0.25) is 14.6 Å². The molecule has 1 saturated heterocycles. The predicted octanol–water partition coefficient (Wildman–Crippen LogP) is 2.81. The number of ether oxygens (including phenoxy) is 2.